The summed E-state index contributed by atoms with van der Waals surface area (Å²) in [5, 5.41) is 0. The summed E-state index contributed by atoms with van der Waals surface area (Å²) in [6.07, 6.45) is 0.604. The van der Waals surface area contributed by atoms with Crippen LogP contribution in [0.3, 0.4) is 0 Å². The third-order valence-corrected chi connectivity index (χ3v) is 5.86. The number of aromatic amines is 1. The smallest absolute Gasteiger partial charge is 0.256 e. The lowest BCUT2D eigenvalue weighted by molar-refractivity contribution is 0.415. The third kappa shape index (κ3) is 4.17. The maximum atomic E-state index is 12.8. The number of piperazine rings is 1. The van der Waals surface area contributed by atoms with Gasteiger partial charge in [-0.1, -0.05) is 24.3 Å². The van der Waals surface area contributed by atoms with E-state index < -0.39 is 0 Å². The molecule has 1 aliphatic heterocycles. The van der Waals surface area contributed by atoms with E-state index in [4.69, 9.17) is 9.72 Å². The van der Waals surface area contributed by atoms with Crippen molar-refractivity contribution in [3.8, 4) is 5.75 Å². The maximum Gasteiger partial charge on any atom is 0.256 e. The lowest BCUT2D eigenvalue weighted by Gasteiger charge is -2.36. The molecule has 0 atom stereocenters. The summed E-state index contributed by atoms with van der Waals surface area (Å²) in [6, 6.07) is 16.3. The molecule has 1 aliphatic rings. The Bertz CT molecular complexity index is 1070. The van der Waals surface area contributed by atoms with Crippen molar-refractivity contribution in [2.45, 2.75) is 20.3 Å². The van der Waals surface area contributed by atoms with Crippen molar-refractivity contribution in [2.75, 3.05) is 43.1 Å². The highest BCUT2D eigenvalue weighted by molar-refractivity contribution is 5.51. The molecule has 2 heterocycles. The standard InChI is InChI=1S/C24H28N4O2/c1-17-6-4-5-7-19(17)16-22-18(2)25-24(26-23(22)29)28-14-12-27(13-15-28)20-8-10-21(30-3)11-9-20/h4-11H,12-16H2,1-3H3,(H,25,26,29). The Balaban J connectivity index is 1.46. The molecule has 6 nitrogen and oxygen atoms in total. The van der Waals surface area contributed by atoms with E-state index in [9.17, 15) is 4.79 Å². The molecule has 1 N–H and O–H groups in total. The van der Waals surface area contributed by atoms with E-state index in [1.54, 1.807) is 7.11 Å². The van der Waals surface area contributed by atoms with Crippen LogP contribution in [0.5, 0.6) is 5.75 Å². The van der Waals surface area contributed by atoms with Gasteiger partial charge in [0.25, 0.3) is 5.56 Å². The number of rotatable bonds is 5. The van der Waals surface area contributed by atoms with Gasteiger partial charge in [-0.3, -0.25) is 9.78 Å². The highest BCUT2D eigenvalue weighted by atomic mass is 16.5. The summed E-state index contributed by atoms with van der Waals surface area (Å²) >= 11 is 0. The predicted molar refractivity (Wildman–Crippen MR) is 121 cm³/mol. The summed E-state index contributed by atoms with van der Waals surface area (Å²) in [4.78, 5) is 25.1. The van der Waals surface area contributed by atoms with Crippen LogP contribution in [0, 0.1) is 13.8 Å². The zero-order chi connectivity index (χ0) is 21.1. The van der Waals surface area contributed by atoms with Gasteiger partial charge in [-0.25, -0.2) is 4.98 Å². The molecule has 0 spiro atoms. The minimum Gasteiger partial charge on any atom is -0.497 e. The second kappa shape index (κ2) is 8.61. The fraction of sp³-hybridized carbons (Fsp3) is 0.333. The average molecular weight is 405 g/mol. The van der Waals surface area contributed by atoms with Gasteiger partial charge < -0.3 is 14.5 Å². The van der Waals surface area contributed by atoms with Crippen LogP contribution >= 0.6 is 0 Å². The maximum absolute atomic E-state index is 12.8. The van der Waals surface area contributed by atoms with Gasteiger partial charge >= 0.3 is 0 Å². The van der Waals surface area contributed by atoms with Crippen LogP contribution in [-0.2, 0) is 6.42 Å². The molecule has 1 fully saturated rings. The molecular formula is C24H28N4O2. The van der Waals surface area contributed by atoms with Gasteiger partial charge in [0, 0.05) is 43.9 Å². The van der Waals surface area contributed by atoms with Gasteiger partial charge in [-0.15, -0.1) is 0 Å². The first-order chi connectivity index (χ1) is 14.5. The molecule has 0 bridgehead atoms. The number of methoxy groups -OCH3 is 1. The average Bonchev–Trinajstić information content (AvgIpc) is 2.77. The van der Waals surface area contributed by atoms with Gasteiger partial charge in [-0.2, -0.15) is 0 Å². The van der Waals surface area contributed by atoms with E-state index in [1.807, 2.05) is 31.2 Å². The fourth-order valence-corrected chi connectivity index (χ4v) is 3.92. The molecule has 0 aliphatic carbocycles. The number of ether oxygens (including phenoxy) is 1. The number of hydrogen-bond acceptors (Lipinski definition) is 5. The zero-order valence-corrected chi connectivity index (χ0v) is 17.8. The number of aromatic nitrogens is 2. The van der Waals surface area contributed by atoms with Crippen molar-refractivity contribution in [1.82, 2.24) is 9.97 Å². The second-order valence-electron chi connectivity index (χ2n) is 7.73. The Labute approximate surface area is 177 Å². The predicted octanol–water partition coefficient (Wildman–Crippen LogP) is 3.31. The van der Waals surface area contributed by atoms with Crippen molar-refractivity contribution in [1.29, 1.82) is 0 Å². The van der Waals surface area contributed by atoms with Gasteiger partial charge in [0.2, 0.25) is 5.95 Å². The monoisotopic (exact) mass is 404 g/mol. The Morgan fingerprint density at radius 3 is 2.27 bits per heavy atom. The number of H-pyrrole nitrogens is 1. The molecule has 1 aromatic heterocycles. The summed E-state index contributed by atoms with van der Waals surface area (Å²) < 4.78 is 5.24. The summed E-state index contributed by atoms with van der Waals surface area (Å²) in [6.45, 7) is 7.38. The van der Waals surface area contributed by atoms with E-state index in [1.165, 1.54) is 11.3 Å². The summed E-state index contributed by atoms with van der Waals surface area (Å²) in [5.74, 6) is 1.53. The van der Waals surface area contributed by atoms with Gasteiger partial charge in [0.15, 0.2) is 0 Å². The number of nitrogens with one attached hydrogen (secondary N) is 1. The molecule has 3 aromatic rings. The van der Waals surface area contributed by atoms with Gasteiger partial charge in [-0.05, 0) is 49.2 Å². The second-order valence-corrected chi connectivity index (χ2v) is 7.73. The summed E-state index contributed by atoms with van der Waals surface area (Å²) in [7, 11) is 1.68. The first-order valence-electron chi connectivity index (χ1n) is 10.3. The molecule has 0 radical (unpaired) electrons. The van der Waals surface area contributed by atoms with E-state index in [0.29, 0.717) is 12.4 Å². The molecule has 30 heavy (non-hydrogen) atoms. The van der Waals surface area contributed by atoms with Crippen LogP contribution in [0.1, 0.15) is 22.4 Å². The molecule has 1 saturated heterocycles. The van der Waals surface area contributed by atoms with Crippen LogP contribution in [0.4, 0.5) is 11.6 Å². The van der Waals surface area contributed by atoms with Crippen molar-refractivity contribution in [2.24, 2.45) is 0 Å². The topological polar surface area (TPSA) is 61.5 Å². The van der Waals surface area contributed by atoms with Crippen LogP contribution in [0.15, 0.2) is 53.3 Å². The molecule has 0 saturated carbocycles. The van der Waals surface area contributed by atoms with Crippen molar-refractivity contribution in [3.05, 3.63) is 81.3 Å². The molecule has 0 unspecified atom stereocenters. The van der Waals surface area contributed by atoms with Crippen LogP contribution in [0.2, 0.25) is 0 Å². The molecule has 156 valence electrons. The number of hydrogen-bond donors (Lipinski definition) is 1. The Kier molecular flexibility index (Phi) is 5.74. The van der Waals surface area contributed by atoms with Gasteiger partial charge in [0.1, 0.15) is 5.75 Å². The van der Waals surface area contributed by atoms with Crippen molar-refractivity contribution >= 4 is 11.6 Å². The Hall–Kier alpha value is -3.28. The van der Waals surface area contributed by atoms with Crippen LogP contribution in [0.25, 0.3) is 0 Å². The highest BCUT2D eigenvalue weighted by Gasteiger charge is 2.20. The third-order valence-electron chi connectivity index (χ3n) is 5.86. The van der Waals surface area contributed by atoms with E-state index in [-0.39, 0.29) is 5.56 Å². The fourth-order valence-electron chi connectivity index (χ4n) is 3.92. The van der Waals surface area contributed by atoms with E-state index in [2.05, 4.69) is 46.0 Å². The molecule has 2 aromatic carbocycles. The normalized spacial score (nSPS) is 14.1. The first kappa shape index (κ1) is 20.0. The van der Waals surface area contributed by atoms with Crippen LogP contribution in [-0.4, -0.2) is 43.3 Å². The summed E-state index contributed by atoms with van der Waals surface area (Å²) in [5.41, 5.74) is 5.03. The highest BCUT2D eigenvalue weighted by Crippen LogP contribution is 2.22. The van der Waals surface area contributed by atoms with Crippen LogP contribution < -0.4 is 20.1 Å². The van der Waals surface area contributed by atoms with E-state index in [0.717, 1.165) is 48.7 Å². The molecule has 6 heteroatoms. The zero-order valence-electron chi connectivity index (χ0n) is 17.8. The minimum atomic E-state index is -0.0432. The molecular weight excluding hydrogens is 376 g/mol. The van der Waals surface area contributed by atoms with Crippen molar-refractivity contribution in [3.63, 3.8) is 0 Å². The van der Waals surface area contributed by atoms with Crippen molar-refractivity contribution < 1.29 is 4.74 Å². The lowest BCUT2D eigenvalue weighted by Crippen LogP contribution is -2.47. The first-order valence-corrected chi connectivity index (χ1v) is 10.3. The Morgan fingerprint density at radius 1 is 0.967 bits per heavy atom. The lowest BCUT2D eigenvalue weighted by atomic mass is 10.0. The molecule has 4 rings (SSSR count). The molecule has 0 amide bonds. The number of nitrogens with zero attached hydrogens (tertiary/aromatic N) is 3. The largest absolute Gasteiger partial charge is 0.497 e. The minimum absolute atomic E-state index is 0.0432. The number of benzene rings is 2. The number of anilines is 2. The van der Waals surface area contributed by atoms with E-state index >= 15 is 0 Å². The van der Waals surface area contributed by atoms with Gasteiger partial charge in [0.05, 0.1) is 12.8 Å². The SMILES string of the molecule is COc1ccc(N2CCN(c3nc(C)c(Cc4ccccc4C)c(=O)[nH]3)CC2)cc1. The number of aryl methyl sites for hydroxylation is 2. The Morgan fingerprint density at radius 2 is 1.63 bits per heavy atom. The quantitative estimate of drug-likeness (QED) is 0.707.